The fourth-order valence-electron chi connectivity index (χ4n) is 2.36. The fourth-order valence-corrected chi connectivity index (χ4v) is 4.03. The van der Waals surface area contributed by atoms with Crippen LogP contribution in [-0.4, -0.2) is 16.9 Å². The van der Waals surface area contributed by atoms with Crippen LogP contribution in [-0.2, 0) is 0 Å². The van der Waals surface area contributed by atoms with Gasteiger partial charge in [-0.2, -0.15) is 0 Å². The molecule has 0 aliphatic carbocycles. The highest BCUT2D eigenvalue weighted by Crippen LogP contribution is 2.29. The molecule has 29 heavy (non-hydrogen) atoms. The molecule has 0 atom stereocenters. The highest BCUT2D eigenvalue weighted by molar-refractivity contribution is 9.10. The number of nitrogens with zero attached hydrogens (tertiary/aromatic N) is 1. The zero-order valence-electron chi connectivity index (χ0n) is 15.0. The van der Waals surface area contributed by atoms with E-state index in [4.69, 9.17) is 23.2 Å². The molecule has 0 saturated heterocycles. The second-order valence-corrected chi connectivity index (χ2v) is 8.67. The first-order valence-electron chi connectivity index (χ1n) is 8.30. The Labute approximate surface area is 190 Å². The van der Waals surface area contributed by atoms with Gasteiger partial charge in [0.1, 0.15) is 5.03 Å². The van der Waals surface area contributed by atoms with E-state index < -0.39 is 11.9 Å². The van der Waals surface area contributed by atoms with Crippen LogP contribution in [0.5, 0.6) is 0 Å². The minimum Gasteiger partial charge on any atom is -0.306 e. The molecule has 0 saturated carbocycles. The third-order valence-corrected chi connectivity index (χ3v) is 6.22. The van der Waals surface area contributed by atoms with Crippen molar-refractivity contribution in [1.82, 2.24) is 10.3 Å². The maximum absolute atomic E-state index is 12.2. The van der Waals surface area contributed by atoms with Crippen LogP contribution >= 0.6 is 50.9 Å². The van der Waals surface area contributed by atoms with E-state index in [1.165, 1.54) is 30.1 Å². The summed E-state index contributed by atoms with van der Waals surface area (Å²) in [5, 5.41) is 5.85. The maximum Gasteiger partial charge on any atom is 0.326 e. The minimum atomic E-state index is -0.711. The second-order valence-electron chi connectivity index (χ2n) is 5.90. The molecule has 5 nitrogen and oxygen atoms in total. The molecule has 0 radical (unpaired) electrons. The summed E-state index contributed by atoms with van der Waals surface area (Å²) in [6.07, 6.45) is 1.51. The van der Waals surface area contributed by atoms with Crippen LogP contribution in [0.15, 0.2) is 69.1 Å². The first-order chi connectivity index (χ1) is 13.8. The van der Waals surface area contributed by atoms with E-state index in [1.807, 2.05) is 19.1 Å². The number of carbonyl (C=O) groups is 2. The number of hydrogen-bond donors (Lipinski definition) is 2. The lowest BCUT2D eigenvalue weighted by Crippen LogP contribution is -2.34. The third kappa shape index (κ3) is 5.73. The van der Waals surface area contributed by atoms with Crippen LogP contribution in [0.25, 0.3) is 0 Å². The standard InChI is InChI=1S/C20H14BrCl2N3O2S/c1-11-9-13(6-7-14(11)21)29-17-8-5-12(10-24-17)25-20(28)26-19(27)18-15(22)3-2-4-16(18)23/h2-10H,1H3,(H2,25,26,27,28). The molecule has 0 unspecified atom stereocenters. The second kappa shape index (κ2) is 9.63. The highest BCUT2D eigenvalue weighted by Gasteiger charge is 2.17. The number of benzene rings is 2. The molecule has 0 fully saturated rings. The van der Waals surface area contributed by atoms with Gasteiger partial charge in [0, 0.05) is 9.37 Å². The lowest BCUT2D eigenvalue weighted by molar-refractivity contribution is 0.0967. The first-order valence-corrected chi connectivity index (χ1v) is 10.7. The number of imide groups is 1. The average Bonchev–Trinajstić information content (AvgIpc) is 2.66. The molecule has 0 spiro atoms. The molecule has 2 aromatic carbocycles. The lowest BCUT2D eigenvalue weighted by Gasteiger charge is -2.09. The van der Waals surface area contributed by atoms with Gasteiger partial charge in [-0.1, -0.05) is 57.0 Å². The van der Waals surface area contributed by atoms with Crippen molar-refractivity contribution in [2.24, 2.45) is 0 Å². The molecule has 0 bridgehead atoms. The lowest BCUT2D eigenvalue weighted by atomic mass is 10.2. The molecule has 0 aliphatic rings. The zero-order valence-corrected chi connectivity index (χ0v) is 18.9. The largest absolute Gasteiger partial charge is 0.326 e. The number of rotatable bonds is 4. The van der Waals surface area contributed by atoms with E-state index in [2.05, 4.69) is 37.6 Å². The molecule has 148 valence electrons. The van der Waals surface area contributed by atoms with Crippen molar-refractivity contribution in [3.05, 3.63) is 80.4 Å². The van der Waals surface area contributed by atoms with Crippen LogP contribution in [0.3, 0.4) is 0 Å². The van der Waals surface area contributed by atoms with Crippen LogP contribution in [0.2, 0.25) is 10.0 Å². The molecule has 2 N–H and O–H groups in total. The molecule has 1 aromatic heterocycles. The summed E-state index contributed by atoms with van der Waals surface area (Å²) in [5.74, 6) is -0.691. The van der Waals surface area contributed by atoms with Gasteiger partial charge in [-0.15, -0.1) is 0 Å². The Morgan fingerprint density at radius 3 is 2.41 bits per heavy atom. The maximum atomic E-state index is 12.2. The molecule has 1 heterocycles. The summed E-state index contributed by atoms with van der Waals surface area (Å²) in [6.45, 7) is 2.02. The van der Waals surface area contributed by atoms with E-state index in [0.717, 1.165) is 20.0 Å². The quantitative estimate of drug-likeness (QED) is 0.416. The molecule has 0 aliphatic heterocycles. The number of nitrogens with one attached hydrogen (secondary N) is 2. The van der Waals surface area contributed by atoms with E-state index in [-0.39, 0.29) is 15.6 Å². The Bertz CT molecular complexity index is 1060. The van der Waals surface area contributed by atoms with E-state index in [1.54, 1.807) is 18.2 Å². The predicted octanol–water partition coefficient (Wildman–Crippen LogP) is 6.57. The fraction of sp³-hybridized carbons (Fsp3) is 0.0500. The molecular weight excluding hydrogens is 497 g/mol. The van der Waals surface area contributed by atoms with Crippen molar-refractivity contribution in [1.29, 1.82) is 0 Å². The van der Waals surface area contributed by atoms with Crippen molar-refractivity contribution >= 4 is 68.5 Å². The number of aromatic nitrogens is 1. The number of anilines is 1. The first kappa shape index (κ1) is 21.6. The molecule has 3 amide bonds. The van der Waals surface area contributed by atoms with Crippen LogP contribution in [0.1, 0.15) is 15.9 Å². The smallest absolute Gasteiger partial charge is 0.306 e. The van der Waals surface area contributed by atoms with Gasteiger partial charge in [-0.05, 0) is 55.0 Å². The number of carbonyl (C=O) groups excluding carboxylic acids is 2. The zero-order chi connectivity index (χ0) is 21.0. The molecule has 3 rings (SSSR count). The summed E-state index contributed by atoms with van der Waals surface area (Å²) in [4.78, 5) is 29.7. The molecule has 3 aromatic rings. The summed E-state index contributed by atoms with van der Waals surface area (Å²) >= 11 is 16.9. The Morgan fingerprint density at radius 2 is 1.79 bits per heavy atom. The normalized spacial score (nSPS) is 10.5. The topological polar surface area (TPSA) is 71.1 Å². The van der Waals surface area contributed by atoms with Gasteiger partial charge >= 0.3 is 6.03 Å². The number of halogens is 3. The van der Waals surface area contributed by atoms with Gasteiger partial charge in [-0.25, -0.2) is 9.78 Å². The van der Waals surface area contributed by atoms with Crippen LogP contribution in [0, 0.1) is 6.92 Å². The van der Waals surface area contributed by atoms with Crippen LogP contribution < -0.4 is 10.6 Å². The van der Waals surface area contributed by atoms with Crippen molar-refractivity contribution in [2.75, 3.05) is 5.32 Å². The number of pyridine rings is 1. The van der Waals surface area contributed by atoms with Gasteiger partial charge in [0.25, 0.3) is 5.91 Å². The average molecular weight is 511 g/mol. The van der Waals surface area contributed by atoms with Crippen LogP contribution in [0.4, 0.5) is 10.5 Å². The van der Waals surface area contributed by atoms with Crippen molar-refractivity contribution in [2.45, 2.75) is 16.8 Å². The van der Waals surface area contributed by atoms with E-state index >= 15 is 0 Å². The molecular formula is C20H14BrCl2N3O2S. The number of aryl methyl sites for hydroxylation is 1. The number of hydrogen-bond acceptors (Lipinski definition) is 4. The van der Waals surface area contributed by atoms with Gasteiger partial charge < -0.3 is 5.32 Å². The SMILES string of the molecule is Cc1cc(Sc2ccc(NC(=O)NC(=O)c3c(Cl)cccc3Cl)cn2)ccc1Br. The van der Waals surface area contributed by atoms with Crippen molar-refractivity contribution in [3.8, 4) is 0 Å². The highest BCUT2D eigenvalue weighted by atomic mass is 79.9. The third-order valence-electron chi connectivity index (χ3n) is 3.76. The molecule has 9 heteroatoms. The Morgan fingerprint density at radius 1 is 1.07 bits per heavy atom. The Balaban J connectivity index is 1.61. The Kier molecular flexibility index (Phi) is 7.18. The number of urea groups is 1. The van der Waals surface area contributed by atoms with Crippen molar-refractivity contribution in [3.63, 3.8) is 0 Å². The summed E-state index contributed by atoms with van der Waals surface area (Å²) in [6, 6.07) is 13.5. The van der Waals surface area contributed by atoms with Gasteiger partial charge in [0.15, 0.2) is 0 Å². The van der Waals surface area contributed by atoms with Gasteiger partial charge in [0.05, 0.1) is 27.5 Å². The minimum absolute atomic E-state index is 0.0423. The van der Waals surface area contributed by atoms with Gasteiger partial charge in [-0.3, -0.25) is 10.1 Å². The Hall–Kier alpha value is -2.06. The van der Waals surface area contributed by atoms with E-state index in [9.17, 15) is 9.59 Å². The summed E-state index contributed by atoms with van der Waals surface area (Å²) < 4.78 is 1.05. The van der Waals surface area contributed by atoms with Gasteiger partial charge in [0.2, 0.25) is 0 Å². The van der Waals surface area contributed by atoms with Crippen molar-refractivity contribution < 1.29 is 9.59 Å². The monoisotopic (exact) mass is 509 g/mol. The van der Waals surface area contributed by atoms with E-state index in [0.29, 0.717) is 5.69 Å². The summed E-state index contributed by atoms with van der Waals surface area (Å²) in [5.41, 5.74) is 1.62. The predicted molar refractivity (Wildman–Crippen MR) is 120 cm³/mol. The summed E-state index contributed by atoms with van der Waals surface area (Å²) in [7, 11) is 0. The number of amides is 3.